The molecule has 0 amide bonds. The number of anilines is 2. The van der Waals surface area contributed by atoms with E-state index in [1.807, 2.05) is 6.07 Å². The predicted molar refractivity (Wildman–Crippen MR) is 121 cm³/mol. The first-order valence-corrected chi connectivity index (χ1v) is 11.6. The topological polar surface area (TPSA) is 95.5 Å². The minimum Gasteiger partial charge on any atom is -0.388 e. The lowest BCUT2D eigenvalue weighted by Gasteiger charge is -2.31. The zero-order valence-electron chi connectivity index (χ0n) is 17.6. The second-order valence-corrected chi connectivity index (χ2v) is 9.63. The van der Waals surface area contributed by atoms with E-state index in [4.69, 9.17) is 0 Å². The van der Waals surface area contributed by atoms with Crippen LogP contribution in [0.2, 0.25) is 0 Å². The van der Waals surface area contributed by atoms with Gasteiger partial charge < -0.3 is 10.4 Å². The lowest BCUT2D eigenvalue weighted by Crippen LogP contribution is -2.22. The summed E-state index contributed by atoms with van der Waals surface area (Å²) in [5, 5.41) is 14.1. The van der Waals surface area contributed by atoms with Gasteiger partial charge in [0, 0.05) is 28.9 Å². The molecule has 0 saturated heterocycles. The number of ketones is 1. The Hall–Kier alpha value is -3.23. The van der Waals surface area contributed by atoms with Crippen molar-refractivity contribution in [1.29, 1.82) is 0 Å². The molecule has 3 N–H and O–H groups in total. The van der Waals surface area contributed by atoms with Crippen molar-refractivity contribution in [3.63, 3.8) is 0 Å². The molecule has 1 aliphatic rings. The van der Waals surface area contributed by atoms with Gasteiger partial charge in [-0.05, 0) is 67.4 Å². The van der Waals surface area contributed by atoms with E-state index >= 15 is 0 Å². The monoisotopic (exact) mass is 454 g/mol. The quantitative estimate of drug-likeness (QED) is 0.485. The average molecular weight is 455 g/mol. The first-order valence-electron chi connectivity index (χ1n) is 10.1. The number of Topliss-reactive ketones (excluding diaryl/α,β-unsaturated/α-hetero) is 1. The second kappa shape index (κ2) is 8.37. The summed E-state index contributed by atoms with van der Waals surface area (Å²) < 4.78 is 41.6. The molecule has 8 heteroatoms. The van der Waals surface area contributed by atoms with Gasteiger partial charge in [0.05, 0.1) is 17.0 Å². The number of aliphatic hydroxyl groups is 1. The molecular weight excluding hydrogens is 431 g/mol. The van der Waals surface area contributed by atoms with E-state index in [-0.39, 0.29) is 22.4 Å². The van der Waals surface area contributed by atoms with Crippen molar-refractivity contribution < 1.29 is 22.7 Å². The highest BCUT2D eigenvalue weighted by Crippen LogP contribution is 2.40. The molecule has 0 aliphatic carbocycles. The first kappa shape index (κ1) is 22.0. The molecule has 3 aromatic carbocycles. The molecule has 6 nitrogen and oxygen atoms in total. The van der Waals surface area contributed by atoms with Gasteiger partial charge in [-0.1, -0.05) is 18.2 Å². The normalized spacial score (nSPS) is 17.9. The smallest absolute Gasteiger partial charge is 0.261 e. The Labute approximate surface area is 186 Å². The summed E-state index contributed by atoms with van der Waals surface area (Å²) >= 11 is 0. The molecular formula is C24H23FN2O4S. The van der Waals surface area contributed by atoms with Gasteiger partial charge in [-0.2, -0.15) is 0 Å². The van der Waals surface area contributed by atoms with Crippen LogP contribution >= 0.6 is 0 Å². The fourth-order valence-corrected chi connectivity index (χ4v) is 4.91. The maximum atomic E-state index is 13.5. The van der Waals surface area contributed by atoms with E-state index in [0.29, 0.717) is 28.8 Å². The molecule has 0 saturated carbocycles. The molecule has 0 spiro atoms. The molecule has 32 heavy (non-hydrogen) atoms. The number of hydrogen-bond acceptors (Lipinski definition) is 5. The molecule has 2 unspecified atom stereocenters. The Bertz CT molecular complexity index is 1310. The summed E-state index contributed by atoms with van der Waals surface area (Å²) in [6, 6.07) is 15.5. The Morgan fingerprint density at radius 3 is 2.62 bits per heavy atom. The summed E-state index contributed by atoms with van der Waals surface area (Å²) in [5.74, 6) is -0.457. The fraction of sp³-hybridized carbons (Fsp3) is 0.208. The van der Waals surface area contributed by atoms with Crippen LogP contribution in [0.25, 0.3) is 0 Å². The van der Waals surface area contributed by atoms with Crippen molar-refractivity contribution in [2.45, 2.75) is 37.3 Å². The number of aliphatic hydroxyl groups excluding tert-OH is 1. The van der Waals surface area contributed by atoms with Gasteiger partial charge in [0.2, 0.25) is 0 Å². The second-order valence-electron chi connectivity index (χ2n) is 7.95. The molecule has 4 rings (SSSR count). The van der Waals surface area contributed by atoms with Crippen molar-refractivity contribution in [1.82, 2.24) is 0 Å². The molecule has 0 fully saturated rings. The number of aryl methyl sites for hydroxylation is 1. The van der Waals surface area contributed by atoms with Gasteiger partial charge in [-0.15, -0.1) is 0 Å². The zero-order chi connectivity index (χ0) is 23.0. The van der Waals surface area contributed by atoms with Gasteiger partial charge in [-0.3, -0.25) is 9.52 Å². The molecule has 0 radical (unpaired) electrons. The molecule has 2 atom stereocenters. The fourth-order valence-electron chi connectivity index (χ4n) is 3.83. The van der Waals surface area contributed by atoms with E-state index in [2.05, 4.69) is 10.0 Å². The minimum absolute atomic E-state index is 0.00361. The first-order chi connectivity index (χ1) is 15.1. The lowest BCUT2D eigenvalue weighted by atomic mass is 9.90. The lowest BCUT2D eigenvalue weighted by molar-refractivity contribution is 0.101. The van der Waals surface area contributed by atoms with Crippen LogP contribution < -0.4 is 10.0 Å². The van der Waals surface area contributed by atoms with Crippen LogP contribution in [0.3, 0.4) is 0 Å². The van der Waals surface area contributed by atoms with Crippen LogP contribution in [0.15, 0.2) is 65.6 Å². The number of benzene rings is 3. The Kier molecular flexibility index (Phi) is 5.75. The summed E-state index contributed by atoms with van der Waals surface area (Å²) in [6.45, 7) is 3.05. The third-order valence-corrected chi connectivity index (χ3v) is 6.97. The van der Waals surface area contributed by atoms with E-state index in [0.717, 1.165) is 5.56 Å². The number of carbonyl (C=O) groups excluding carboxylic acids is 1. The number of sulfonamides is 1. The van der Waals surface area contributed by atoms with Crippen LogP contribution in [0.5, 0.6) is 0 Å². The predicted octanol–water partition coefficient (Wildman–Crippen LogP) is 4.73. The summed E-state index contributed by atoms with van der Waals surface area (Å²) in [7, 11) is -3.93. The van der Waals surface area contributed by atoms with E-state index in [9.17, 15) is 22.7 Å². The molecule has 3 aromatic rings. The van der Waals surface area contributed by atoms with Crippen molar-refractivity contribution >= 4 is 27.2 Å². The largest absolute Gasteiger partial charge is 0.388 e. The number of nitrogens with one attached hydrogen (secondary N) is 2. The summed E-state index contributed by atoms with van der Waals surface area (Å²) in [6.07, 6.45) is -0.567. The SMILES string of the molecule is CC(=O)c1cccc(C2CC(O)c3cc(S(=O)(=O)Nc4ccc(F)c(C)c4)ccc3N2)c1. The number of rotatable bonds is 5. The van der Waals surface area contributed by atoms with Crippen LogP contribution in [-0.4, -0.2) is 19.3 Å². The maximum absolute atomic E-state index is 13.5. The number of halogens is 1. The summed E-state index contributed by atoms with van der Waals surface area (Å²) in [5.41, 5.74) is 3.14. The van der Waals surface area contributed by atoms with Crippen molar-refractivity contribution in [3.05, 3.63) is 88.7 Å². The van der Waals surface area contributed by atoms with Gasteiger partial charge in [-0.25, -0.2) is 12.8 Å². The molecule has 0 bridgehead atoms. The highest BCUT2D eigenvalue weighted by atomic mass is 32.2. The highest BCUT2D eigenvalue weighted by Gasteiger charge is 2.28. The van der Waals surface area contributed by atoms with Crippen LogP contribution in [0.1, 0.15) is 52.5 Å². The number of fused-ring (bicyclic) bond motifs is 1. The summed E-state index contributed by atoms with van der Waals surface area (Å²) in [4.78, 5) is 11.7. The molecule has 0 aromatic heterocycles. The van der Waals surface area contributed by atoms with Crippen molar-refractivity contribution in [2.75, 3.05) is 10.0 Å². The van der Waals surface area contributed by atoms with E-state index in [1.54, 1.807) is 31.2 Å². The van der Waals surface area contributed by atoms with Crippen LogP contribution in [-0.2, 0) is 10.0 Å². The highest BCUT2D eigenvalue weighted by molar-refractivity contribution is 7.92. The van der Waals surface area contributed by atoms with Crippen LogP contribution in [0, 0.1) is 12.7 Å². The van der Waals surface area contributed by atoms with Crippen molar-refractivity contribution in [2.24, 2.45) is 0 Å². The van der Waals surface area contributed by atoms with Gasteiger partial charge in [0.1, 0.15) is 5.82 Å². The number of carbonyl (C=O) groups is 1. The third-order valence-electron chi connectivity index (χ3n) is 5.59. The third kappa shape index (κ3) is 4.37. The van der Waals surface area contributed by atoms with Gasteiger partial charge >= 0.3 is 0 Å². The van der Waals surface area contributed by atoms with Crippen LogP contribution in [0.4, 0.5) is 15.8 Å². The Morgan fingerprint density at radius 1 is 1.12 bits per heavy atom. The molecule has 166 valence electrons. The van der Waals surface area contributed by atoms with Crippen molar-refractivity contribution in [3.8, 4) is 0 Å². The maximum Gasteiger partial charge on any atom is 0.261 e. The van der Waals surface area contributed by atoms with Gasteiger partial charge in [0.15, 0.2) is 5.78 Å². The van der Waals surface area contributed by atoms with E-state index in [1.165, 1.54) is 37.3 Å². The standard InChI is InChI=1S/C24H23FN2O4S/c1-14-10-18(6-8-21(14)25)27-32(30,31)19-7-9-22-20(12-19)24(29)13-23(26-22)17-5-3-4-16(11-17)15(2)28/h3-12,23-24,26-27,29H,13H2,1-2H3. The average Bonchev–Trinajstić information content (AvgIpc) is 2.76. The Balaban J connectivity index is 1.60. The Morgan fingerprint density at radius 2 is 1.91 bits per heavy atom. The molecule has 1 aliphatic heterocycles. The van der Waals surface area contributed by atoms with E-state index < -0.39 is 21.9 Å². The number of hydrogen-bond donors (Lipinski definition) is 3. The zero-order valence-corrected chi connectivity index (χ0v) is 18.4. The van der Waals surface area contributed by atoms with Gasteiger partial charge in [0.25, 0.3) is 10.0 Å². The molecule has 1 heterocycles. The minimum atomic E-state index is -3.93.